The van der Waals surface area contributed by atoms with Crippen LogP contribution in [0.15, 0.2) is 24.3 Å². The number of carbonyl (C=O) groups is 2. The molecule has 7 nitrogen and oxygen atoms in total. The summed E-state index contributed by atoms with van der Waals surface area (Å²) in [6.45, 7) is 1.36. The van der Waals surface area contributed by atoms with Crippen molar-refractivity contribution in [2.24, 2.45) is 7.05 Å². The predicted octanol–water partition coefficient (Wildman–Crippen LogP) is 2.84. The van der Waals surface area contributed by atoms with Gasteiger partial charge < -0.3 is 14.2 Å². The van der Waals surface area contributed by atoms with E-state index < -0.39 is 12.6 Å². The molecule has 1 heterocycles. The summed E-state index contributed by atoms with van der Waals surface area (Å²) < 4.78 is 16.7. The quantitative estimate of drug-likeness (QED) is 0.418. The molecule has 0 radical (unpaired) electrons. The lowest BCUT2D eigenvalue weighted by Gasteiger charge is -2.09. The number of rotatable bonds is 7. The van der Waals surface area contributed by atoms with Gasteiger partial charge in [0.05, 0.1) is 25.5 Å². The van der Waals surface area contributed by atoms with E-state index in [1.807, 2.05) is 0 Å². The van der Waals surface area contributed by atoms with Gasteiger partial charge in [0.1, 0.15) is 16.7 Å². The minimum Gasteiger partial charge on any atom is -0.497 e. The summed E-state index contributed by atoms with van der Waals surface area (Å²) in [4.78, 5) is 24.1. The molecular weight excluding hydrogens is 360 g/mol. The molecule has 2 rings (SSSR count). The maximum Gasteiger partial charge on any atom is 0.331 e. The second-order valence-corrected chi connectivity index (χ2v) is 5.70. The van der Waals surface area contributed by atoms with Crippen molar-refractivity contribution in [1.29, 1.82) is 0 Å². The molecule has 1 aromatic heterocycles. The van der Waals surface area contributed by atoms with Crippen molar-refractivity contribution < 1.29 is 23.8 Å². The molecule has 0 atom stereocenters. The van der Waals surface area contributed by atoms with Crippen molar-refractivity contribution in [3.8, 4) is 11.5 Å². The van der Waals surface area contributed by atoms with Crippen LogP contribution in [0.25, 0.3) is 6.08 Å². The van der Waals surface area contributed by atoms with E-state index in [1.165, 1.54) is 31.1 Å². The Labute approximate surface area is 156 Å². The maximum absolute atomic E-state index is 12.3. The molecule has 0 fully saturated rings. The van der Waals surface area contributed by atoms with Gasteiger partial charge in [0.25, 0.3) is 0 Å². The van der Waals surface area contributed by atoms with Crippen LogP contribution in [-0.2, 0) is 16.6 Å². The average molecular weight is 379 g/mol. The summed E-state index contributed by atoms with van der Waals surface area (Å²) in [6.07, 6.45) is 2.71. The average Bonchev–Trinajstić information content (AvgIpc) is 2.89. The van der Waals surface area contributed by atoms with Crippen LogP contribution < -0.4 is 9.47 Å². The van der Waals surface area contributed by atoms with Gasteiger partial charge in [-0.3, -0.25) is 9.48 Å². The predicted molar refractivity (Wildman–Crippen MR) is 96.8 cm³/mol. The normalized spacial score (nSPS) is 10.8. The number of nitrogens with zero attached hydrogens (tertiary/aromatic N) is 2. The van der Waals surface area contributed by atoms with Gasteiger partial charge in [-0.25, -0.2) is 4.79 Å². The molecule has 0 unspecified atom stereocenters. The van der Waals surface area contributed by atoms with E-state index in [0.717, 1.165) is 0 Å². The molecule has 0 N–H and O–H groups in total. The van der Waals surface area contributed by atoms with Gasteiger partial charge in [0.2, 0.25) is 5.78 Å². The first-order valence-electron chi connectivity index (χ1n) is 7.66. The Morgan fingerprint density at radius 1 is 1.27 bits per heavy atom. The number of ether oxygens (including phenoxy) is 3. The molecule has 0 aliphatic rings. The molecule has 0 spiro atoms. The Bertz CT molecular complexity index is 858. The van der Waals surface area contributed by atoms with E-state index in [9.17, 15) is 9.59 Å². The number of aromatic nitrogens is 2. The van der Waals surface area contributed by atoms with Gasteiger partial charge in [-0.2, -0.15) is 5.10 Å². The fraction of sp³-hybridized carbons (Fsp3) is 0.278. The van der Waals surface area contributed by atoms with Crippen LogP contribution in [0.1, 0.15) is 21.6 Å². The Balaban J connectivity index is 2.01. The van der Waals surface area contributed by atoms with Crippen LogP contribution in [-0.4, -0.2) is 42.4 Å². The number of hydrogen-bond acceptors (Lipinski definition) is 6. The molecular formula is C18H19ClN2O5. The lowest BCUT2D eigenvalue weighted by Crippen LogP contribution is -2.13. The fourth-order valence-electron chi connectivity index (χ4n) is 2.28. The van der Waals surface area contributed by atoms with Gasteiger partial charge in [0, 0.05) is 24.8 Å². The molecule has 0 aliphatic carbocycles. The van der Waals surface area contributed by atoms with Gasteiger partial charge >= 0.3 is 5.97 Å². The third-order valence-electron chi connectivity index (χ3n) is 3.64. The van der Waals surface area contributed by atoms with E-state index >= 15 is 0 Å². The monoisotopic (exact) mass is 378 g/mol. The zero-order valence-corrected chi connectivity index (χ0v) is 15.7. The third-order valence-corrected chi connectivity index (χ3v) is 4.09. The summed E-state index contributed by atoms with van der Waals surface area (Å²) in [5, 5.41) is 4.55. The molecule has 8 heteroatoms. The largest absolute Gasteiger partial charge is 0.497 e. The van der Waals surface area contributed by atoms with Crippen molar-refractivity contribution in [3.63, 3.8) is 0 Å². The maximum atomic E-state index is 12.3. The molecule has 0 aliphatic heterocycles. The van der Waals surface area contributed by atoms with Crippen molar-refractivity contribution >= 4 is 29.4 Å². The molecule has 26 heavy (non-hydrogen) atoms. The van der Waals surface area contributed by atoms with Gasteiger partial charge in [-0.1, -0.05) is 11.6 Å². The zero-order chi connectivity index (χ0) is 19.3. The Morgan fingerprint density at radius 3 is 2.58 bits per heavy atom. The number of halogens is 1. The van der Waals surface area contributed by atoms with Crippen molar-refractivity contribution in [2.75, 3.05) is 20.8 Å². The van der Waals surface area contributed by atoms with E-state index in [-0.39, 0.29) is 5.78 Å². The topological polar surface area (TPSA) is 79.7 Å². The SMILES string of the molecule is COc1ccc(C(=O)COC(=O)/C=C/c2c(C)nn(C)c2Cl)c(OC)c1. The summed E-state index contributed by atoms with van der Waals surface area (Å²) in [6, 6.07) is 4.77. The first-order valence-corrected chi connectivity index (χ1v) is 8.04. The number of ketones is 1. The summed E-state index contributed by atoms with van der Waals surface area (Å²) in [5.74, 6) is -0.146. The highest BCUT2D eigenvalue weighted by atomic mass is 35.5. The fourth-order valence-corrected chi connectivity index (χ4v) is 2.52. The third kappa shape index (κ3) is 4.43. The number of carbonyl (C=O) groups excluding carboxylic acids is 2. The molecule has 1 aromatic carbocycles. The number of benzene rings is 1. The van der Waals surface area contributed by atoms with Crippen LogP contribution in [0.5, 0.6) is 11.5 Å². The molecule has 2 aromatic rings. The van der Waals surface area contributed by atoms with Crippen molar-refractivity contribution in [1.82, 2.24) is 9.78 Å². The minimum atomic E-state index is -0.662. The van der Waals surface area contributed by atoms with Gasteiger partial charge in [0.15, 0.2) is 6.61 Å². The highest BCUT2D eigenvalue weighted by Gasteiger charge is 2.15. The van der Waals surface area contributed by atoms with Crippen LogP contribution in [0.3, 0.4) is 0 Å². The van der Waals surface area contributed by atoms with Crippen molar-refractivity contribution in [2.45, 2.75) is 6.92 Å². The first-order chi connectivity index (χ1) is 12.4. The van der Waals surface area contributed by atoms with E-state index in [1.54, 1.807) is 32.2 Å². The molecule has 0 saturated carbocycles. The Morgan fingerprint density at radius 2 is 2.00 bits per heavy atom. The lowest BCUT2D eigenvalue weighted by molar-refractivity contribution is -0.136. The number of esters is 1. The summed E-state index contributed by atoms with van der Waals surface area (Å²) in [5.41, 5.74) is 1.60. The second-order valence-electron chi connectivity index (χ2n) is 5.34. The van der Waals surface area contributed by atoms with Crippen LogP contribution in [0.4, 0.5) is 0 Å². The highest BCUT2D eigenvalue weighted by molar-refractivity contribution is 6.31. The number of Topliss-reactive ketones (excluding diaryl/α,β-unsaturated/α-hetero) is 1. The van der Waals surface area contributed by atoms with Crippen LogP contribution >= 0.6 is 11.6 Å². The first kappa shape index (κ1) is 19.5. The van der Waals surface area contributed by atoms with Crippen molar-refractivity contribution in [3.05, 3.63) is 46.2 Å². The number of aryl methyl sites for hydroxylation is 2. The smallest absolute Gasteiger partial charge is 0.331 e. The molecule has 0 amide bonds. The minimum absolute atomic E-state index is 0.302. The second kappa shape index (κ2) is 8.53. The molecule has 0 bridgehead atoms. The summed E-state index contributed by atoms with van der Waals surface area (Å²) >= 11 is 6.08. The zero-order valence-electron chi connectivity index (χ0n) is 14.9. The Hall–Kier alpha value is -2.80. The highest BCUT2D eigenvalue weighted by Crippen LogP contribution is 2.25. The molecule has 138 valence electrons. The summed E-state index contributed by atoms with van der Waals surface area (Å²) in [7, 11) is 4.66. The van der Waals surface area contributed by atoms with Crippen LogP contribution in [0.2, 0.25) is 5.15 Å². The Kier molecular flexibility index (Phi) is 6.41. The molecule has 0 saturated heterocycles. The van der Waals surface area contributed by atoms with Gasteiger partial charge in [-0.15, -0.1) is 0 Å². The number of hydrogen-bond donors (Lipinski definition) is 0. The number of methoxy groups -OCH3 is 2. The van der Waals surface area contributed by atoms with Crippen LogP contribution in [0, 0.1) is 6.92 Å². The van der Waals surface area contributed by atoms with E-state index in [4.69, 9.17) is 25.8 Å². The van der Waals surface area contributed by atoms with Gasteiger partial charge in [-0.05, 0) is 25.1 Å². The standard InChI is InChI=1S/C18H19ClN2O5/c1-11-13(18(19)21(2)20-11)7-8-17(23)26-10-15(22)14-6-5-12(24-3)9-16(14)25-4/h5-9H,10H2,1-4H3/b8-7+. The van der Waals surface area contributed by atoms with E-state index in [2.05, 4.69) is 5.10 Å². The van der Waals surface area contributed by atoms with E-state index in [0.29, 0.717) is 33.5 Å². The lowest BCUT2D eigenvalue weighted by atomic mass is 10.1.